The van der Waals surface area contributed by atoms with Crippen molar-refractivity contribution in [3.05, 3.63) is 30.3 Å². The van der Waals surface area contributed by atoms with Crippen LogP contribution in [0, 0.1) is 0 Å². The predicted octanol–water partition coefficient (Wildman–Crippen LogP) is 2.27. The second-order valence-electron chi connectivity index (χ2n) is 5.52. The largest absolute Gasteiger partial charge is 0.363 e. The zero-order chi connectivity index (χ0) is 14.0. The van der Waals surface area contributed by atoms with E-state index >= 15 is 0 Å². The quantitative estimate of drug-likeness (QED) is 0.775. The van der Waals surface area contributed by atoms with Crippen LogP contribution in [0.3, 0.4) is 0 Å². The molecule has 1 aliphatic rings. The number of para-hydroxylation sites is 1. The summed E-state index contributed by atoms with van der Waals surface area (Å²) in [5.41, 5.74) is 1.24. The van der Waals surface area contributed by atoms with Crippen molar-refractivity contribution >= 4 is 11.7 Å². The molecule has 0 N–H and O–H groups in total. The number of amides is 2. The van der Waals surface area contributed by atoms with E-state index in [1.807, 2.05) is 11.0 Å². The molecule has 1 aromatic carbocycles. The third-order valence-corrected chi connectivity index (χ3v) is 3.63. The lowest BCUT2D eigenvalue weighted by Crippen LogP contribution is -2.59. The van der Waals surface area contributed by atoms with Crippen LogP contribution in [0.15, 0.2) is 30.3 Å². The van der Waals surface area contributed by atoms with Gasteiger partial charge in [-0.25, -0.2) is 4.79 Å². The minimum atomic E-state index is 0.103. The van der Waals surface area contributed by atoms with Gasteiger partial charge in [-0.3, -0.25) is 0 Å². The summed E-state index contributed by atoms with van der Waals surface area (Å²) < 4.78 is 0. The number of carbonyl (C=O) groups is 1. The maximum absolute atomic E-state index is 12.1. The Kier molecular flexibility index (Phi) is 3.98. The number of hydrogen-bond acceptors (Lipinski definition) is 2. The summed E-state index contributed by atoms with van der Waals surface area (Å²) in [6, 6.07) is 11.2. The first-order valence-electron chi connectivity index (χ1n) is 6.80. The fourth-order valence-corrected chi connectivity index (χ4v) is 2.87. The highest BCUT2D eigenvalue weighted by molar-refractivity contribution is 5.74. The van der Waals surface area contributed by atoms with Gasteiger partial charge in [-0.15, -0.1) is 0 Å². The molecule has 4 heteroatoms. The molecule has 2 amide bonds. The topological polar surface area (TPSA) is 26.8 Å². The molecule has 4 nitrogen and oxygen atoms in total. The highest BCUT2D eigenvalue weighted by Crippen LogP contribution is 2.24. The number of urea groups is 1. The number of piperazine rings is 1. The van der Waals surface area contributed by atoms with Crippen molar-refractivity contribution in [1.82, 2.24) is 9.80 Å². The molecular weight excluding hydrogens is 238 g/mol. The van der Waals surface area contributed by atoms with Crippen LogP contribution >= 0.6 is 0 Å². The summed E-state index contributed by atoms with van der Waals surface area (Å²) in [6.45, 7) is 5.91. The first-order chi connectivity index (χ1) is 9.00. The molecule has 0 bridgehead atoms. The van der Waals surface area contributed by atoms with Gasteiger partial charge in [0.15, 0.2) is 0 Å². The Morgan fingerprint density at radius 3 is 2.11 bits per heavy atom. The van der Waals surface area contributed by atoms with Gasteiger partial charge in [0.1, 0.15) is 0 Å². The Hall–Kier alpha value is -1.71. The van der Waals surface area contributed by atoms with Crippen molar-refractivity contribution in [3.8, 4) is 0 Å². The lowest BCUT2D eigenvalue weighted by atomic mass is 10.1. The second kappa shape index (κ2) is 5.51. The lowest BCUT2D eigenvalue weighted by Gasteiger charge is -2.46. The second-order valence-corrected chi connectivity index (χ2v) is 5.52. The van der Waals surface area contributed by atoms with Crippen LogP contribution in [0.5, 0.6) is 0 Å². The normalized spacial score (nSPS) is 23.4. The number of benzene rings is 1. The first-order valence-corrected chi connectivity index (χ1v) is 6.80. The van der Waals surface area contributed by atoms with Gasteiger partial charge in [-0.05, 0) is 26.0 Å². The number of hydrogen-bond donors (Lipinski definition) is 0. The van der Waals surface area contributed by atoms with Gasteiger partial charge in [0.05, 0.1) is 0 Å². The van der Waals surface area contributed by atoms with Gasteiger partial charge in [0.2, 0.25) is 0 Å². The van der Waals surface area contributed by atoms with E-state index in [0.29, 0.717) is 12.1 Å². The highest BCUT2D eigenvalue weighted by Gasteiger charge is 2.32. The number of rotatable bonds is 1. The molecule has 104 valence electrons. The van der Waals surface area contributed by atoms with Gasteiger partial charge < -0.3 is 14.7 Å². The molecule has 1 aromatic rings. The Balaban J connectivity index is 2.14. The summed E-state index contributed by atoms with van der Waals surface area (Å²) in [7, 11) is 3.61. The molecule has 1 fully saturated rings. The number of anilines is 1. The minimum Gasteiger partial charge on any atom is -0.363 e. The smallest absolute Gasteiger partial charge is 0.319 e. The number of carbonyl (C=O) groups excluding carboxylic acids is 1. The van der Waals surface area contributed by atoms with E-state index in [4.69, 9.17) is 0 Å². The van der Waals surface area contributed by atoms with E-state index in [9.17, 15) is 4.79 Å². The molecule has 2 atom stereocenters. The molecular formula is C15H23N3O. The first kappa shape index (κ1) is 13.7. The van der Waals surface area contributed by atoms with Crippen LogP contribution in [-0.2, 0) is 0 Å². The van der Waals surface area contributed by atoms with Crippen LogP contribution in [0.4, 0.5) is 10.5 Å². The lowest BCUT2D eigenvalue weighted by molar-refractivity contribution is 0.152. The maximum Gasteiger partial charge on any atom is 0.319 e. The van der Waals surface area contributed by atoms with Gasteiger partial charge in [0.25, 0.3) is 0 Å². The van der Waals surface area contributed by atoms with Gasteiger partial charge in [-0.2, -0.15) is 0 Å². The van der Waals surface area contributed by atoms with Crippen molar-refractivity contribution in [2.45, 2.75) is 25.9 Å². The van der Waals surface area contributed by atoms with Gasteiger partial charge in [-0.1, -0.05) is 18.2 Å². The Morgan fingerprint density at radius 2 is 1.63 bits per heavy atom. The van der Waals surface area contributed by atoms with Crippen LogP contribution in [-0.4, -0.2) is 55.1 Å². The average Bonchev–Trinajstić information content (AvgIpc) is 2.38. The fraction of sp³-hybridized carbons (Fsp3) is 0.533. The summed E-state index contributed by atoms with van der Waals surface area (Å²) in [5, 5.41) is 0. The zero-order valence-corrected chi connectivity index (χ0v) is 12.2. The molecule has 0 spiro atoms. The molecule has 1 aliphatic heterocycles. The molecule has 0 saturated carbocycles. The van der Waals surface area contributed by atoms with Crippen molar-refractivity contribution in [1.29, 1.82) is 0 Å². The predicted molar refractivity (Wildman–Crippen MR) is 78.5 cm³/mol. The van der Waals surface area contributed by atoms with E-state index in [0.717, 1.165) is 13.1 Å². The van der Waals surface area contributed by atoms with Crippen molar-refractivity contribution in [2.24, 2.45) is 0 Å². The molecule has 19 heavy (non-hydrogen) atoms. The van der Waals surface area contributed by atoms with E-state index in [1.54, 1.807) is 19.0 Å². The average molecular weight is 261 g/mol. The van der Waals surface area contributed by atoms with Crippen LogP contribution in [0.1, 0.15) is 13.8 Å². The SMILES string of the molecule is CC1CN(C(=O)N(C)C)CC(C)N1c1ccccc1. The minimum absolute atomic E-state index is 0.103. The van der Waals surface area contributed by atoms with Gasteiger partial charge in [0, 0.05) is 45.0 Å². The fourth-order valence-electron chi connectivity index (χ4n) is 2.87. The Morgan fingerprint density at radius 1 is 1.11 bits per heavy atom. The third-order valence-electron chi connectivity index (χ3n) is 3.63. The molecule has 0 radical (unpaired) electrons. The Labute approximate surface area is 115 Å². The Bertz CT molecular complexity index is 420. The molecule has 2 unspecified atom stereocenters. The van der Waals surface area contributed by atoms with Crippen LogP contribution in [0.25, 0.3) is 0 Å². The van der Waals surface area contributed by atoms with Crippen LogP contribution < -0.4 is 4.90 Å². The summed E-state index contributed by atoms with van der Waals surface area (Å²) >= 11 is 0. The van der Waals surface area contributed by atoms with E-state index in [1.165, 1.54) is 5.69 Å². The molecule has 2 rings (SSSR count). The number of nitrogens with zero attached hydrogens (tertiary/aromatic N) is 3. The summed E-state index contributed by atoms with van der Waals surface area (Å²) in [5.74, 6) is 0. The van der Waals surface area contributed by atoms with E-state index < -0.39 is 0 Å². The van der Waals surface area contributed by atoms with Crippen LogP contribution in [0.2, 0.25) is 0 Å². The molecule has 1 saturated heterocycles. The van der Waals surface area contributed by atoms with E-state index in [2.05, 4.69) is 43.0 Å². The molecule has 1 heterocycles. The maximum atomic E-state index is 12.1. The molecule has 0 aromatic heterocycles. The molecule has 0 aliphatic carbocycles. The zero-order valence-electron chi connectivity index (χ0n) is 12.2. The van der Waals surface area contributed by atoms with Crippen molar-refractivity contribution < 1.29 is 4.79 Å². The van der Waals surface area contributed by atoms with E-state index in [-0.39, 0.29) is 6.03 Å². The highest BCUT2D eigenvalue weighted by atomic mass is 16.2. The van der Waals surface area contributed by atoms with Crippen molar-refractivity contribution in [2.75, 3.05) is 32.1 Å². The monoisotopic (exact) mass is 261 g/mol. The summed E-state index contributed by atoms with van der Waals surface area (Å²) in [6.07, 6.45) is 0. The van der Waals surface area contributed by atoms with Gasteiger partial charge >= 0.3 is 6.03 Å². The standard InChI is InChI=1S/C15H23N3O/c1-12-10-17(15(19)16(3)4)11-13(2)18(12)14-8-6-5-7-9-14/h5-9,12-13H,10-11H2,1-4H3. The summed E-state index contributed by atoms with van der Waals surface area (Å²) in [4.78, 5) is 18.1. The van der Waals surface area contributed by atoms with Crippen molar-refractivity contribution in [3.63, 3.8) is 0 Å². The third kappa shape index (κ3) is 2.83.